The molecule has 3 heterocycles. The molecule has 138 valence electrons. The average molecular weight is 376 g/mol. The van der Waals surface area contributed by atoms with Crippen LogP contribution in [0.2, 0.25) is 0 Å². The van der Waals surface area contributed by atoms with Crippen LogP contribution in [0.4, 0.5) is 5.82 Å². The Morgan fingerprint density at radius 3 is 2.64 bits per heavy atom. The molecule has 0 radical (unpaired) electrons. The Morgan fingerprint density at radius 2 is 1.89 bits per heavy atom. The molecule has 0 aliphatic heterocycles. The van der Waals surface area contributed by atoms with Gasteiger partial charge < -0.3 is 10.3 Å². The predicted octanol–water partition coefficient (Wildman–Crippen LogP) is 0.149. The summed E-state index contributed by atoms with van der Waals surface area (Å²) in [5.41, 5.74) is -1.30. The van der Waals surface area contributed by atoms with Crippen LogP contribution in [0.1, 0.15) is 10.4 Å². The second kappa shape index (κ2) is 7.07. The highest BCUT2D eigenvalue weighted by Crippen LogP contribution is 2.08. The summed E-state index contributed by atoms with van der Waals surface area (Å²) in [6.45, 7) is 0. The molecule has 2 N–H and O–H groups in total. The zero-order valence-corrected chi connectivity index (χ0v) is 14.2. The first-order valence-electron chi connectivity index (χ1n) is 8.02. The average Bonchev–Trinajstić information content (AvgIpc) is 3.24. The number of anilines is 1. The Kier molecular flexibility index (Phi) is 4.30. The smallest absolute Gasteiger partial charge is 0.313 e. The molecule has 4 rings (SSSR count). The van der Waals surface area contributed by atoms with Crippen molar-refractivity contribution in [3.8, 4) is 11.5 Å². The number of carbonyl (C=O) groups is 1. The highest BCUT2D eigenvalue weighted by Gasteiger charge is 2.16. The summed E-state index contributed by atoms with van der Waals surface area (Å²) in [4.78, 5) is 51.6. The number of aromatic nitrogens is 7. The van der Waals surface area contributed by atoms with Gasteiger partial charge in [-0.05, 0) is 12.1 Å². The van der Waals surface area contributed by atoms with Gasteiger partial charge in [0.2, 0.25) is 0 Å². The lowest BCUT2D eigenvalue weighted by Gasteiger charge is -2.08. The van der Waals surface area contributed by atoms with Gasteiger partial charge in [0.1, 0.15) is 30.4 Å². The fourth-order valence-corrected chi connectivity index (χ4v) is 2.50. The van der Waals surface area contributed by atoms with Gasteiger partial charge in [0, 0.05) is 12.3 Å². The minimum absolute atomic E-state index is 0.155. The van der Waals surface area contributed by atoms with E-state index in [0.29, 0.717) is 11.5 Å². The lowest BCUT2D eigenvalue weighted by atomic mass is 10.2. The lowest BCUT2D eigenvalue weighted by molar-refractivity contribution is 0.102. The van der Waals surface area contributed by atoms with Crippen molar-refractivity contribution in [2.45, 2.75) is 0 Å². The van der Waals surface area contributed by atoms with Gasteiger partial charge in [0.05, 0.1) is 5.69 Å². The molecule has 0 aliphatic rings. The number of rotatable bonds is 4. The Morgan fingerprint density at radius 1 is 1.07 bits per heavy atom. The van der Waals surface area contributed by atoms with Crippen molar-refractivity contribution in [1.82, 2.24) is 34.3 Å². The monoisotopic (exact) mass is 376 g/mol. The van der Waals surface area contributed by atoms with Gasteiger partial charge in [-0.3, -0.25) is 9.59 Å². The van der Waals surface area contributed by atoms with E-state index in [9.17, 15) is 14.4 Å². The minimum atomic E-state index is -0.752. The normalized spacial score (nSPS) is 10.6. The number of nitrogens with one attached hydrogen (secondary N) is 2. The number of hydrogen-bond acceptors (Lipinski definition) is 7. The van der Waals surface area contributed by atoms with Crippen LogP contribution < -0.4 is 16.6 Å². The summed E-state index contributed by atoms with van der Waals surface area (Å²) < 4.78 is 2.27. The van der Waals surface area contributed by atoms with Crippen molar-refractivity contribution in [1.29, 1.82) is 0 Å². The number of carbonyl (C=O) groups excluding carboxylic acids is 1. The van der Waals surface area contributed by atoms with Gasteiger partial charge in [0.15, 0.2) is 5.82 Å². The van der Waals surface area contributed by atoms with Crippen LogP contribution >= 0.6 is 0 Å². The fourth-order valence-electron chi connectivity index (χ4n) is 2.50. The predicted molar refractivity (Wildman–Crippen MR) is 97.6 cm³/mol. The molecule has 0 unspecified atom stereocenters. The van der Waals surface area contributed by atoms with Gasteiger partial charge in [-0.2, -0.15) is 5.10 Å². The molecule has 1 aromatic carbocycles. The van der Waals surface area contributed by atoms with Crippen molar-refractivity contribution in [3.05, 3.63) is 88.0 Å². The Balaban J connectivity index is 1.67. The Hall–Kier alpha value is -4.41. The minimum Gasteiger partial charge on any atom is -0.313 e. The molecule has 3 aromatic heterocycles. The summed E-state index contributed by atoms with van der Waals surface area (Å²) in [5, 5.41) is 6.46. The van der Waals surface area contributed by atoms with Gasteiger partial charge in [0.25, 0.3) is 11.5 Å². The molecule has 0 atom stereocenters. The summed E-state index contributed by atoms with van der Waals surface area (Å²) in [7, 11) is 0. The fraction of sp³-hybridized carbons (Fsp3) is 0. The van der Waals surface area contributed by atoms with Crippen LogP contribution in [-0.4, -0.2) is 40.2 Å². The second-order valence-electron chi connectivity index (χ2n) is 5.54. The van der Waals surface area contributed by atoms with E-state index >= 15 is 0 Å². The van der Waals surface area contributed by atoms with Crippen LogP contribution in [0.5, 0.6) is 0 Å². The largest absolute Gasteiger partial charge is 0.333 e. The topological polar surface area (TPSA) is 140 Å². The molecular formula is C17H12N8O3. The van der Waals surface area contributed by atoms with E-state index in [1.54, 1.807) is 30.3 Å². The first-order chi connectivity index (χ1) is 13.6. The molecular weight excluding hydrogens is 364 g/mol. The van der Waals surface area contributed by atoms with Gasteiger partial charge >= 0.3 is 5.69 Å². The van der Waals surface area contributed by atoms with Crippen molar-refractivity contribution in [2.24, 2.45) is 0 Å². The molecule has 11 heteroatoms. The van der Waals surface area contributed by atoms with Crippen molar-refractivity contribution < 1.29 is 4.79 Å². The van der Waals surface area contributed by atoms with Crippen molar-refractivity contribution in [3.63, 3.8) is 0 Å². The van der Waals surface area contributed by atoms with Gasteiger partial charge in [-0.15, -0.1) is 0 Å². The van der Waals surface area contributed by atoms with E-state index in [4.69, 9.17) is 0 Å². The molecule has 28 heavy (non-hydrogen) atoms. The molecule has 0 bridgehead atoms. The molecule has 0 spiro atoms. The number of aromatic amines is 1. The highest BCUT2D eigenvalue weighted by atomic mass is 16.2. The summed E-state index contributed by atoms with van der Waals surface area (Å²) >= 11 is 0. The molecule has 0 saturated carbocycles. The van der Waals surface area contributed by atoms with E-state index < -0.39 is 17.2 Å². The third-order valence-corrected chi connectivity index (χ3v) is 3.78. The molecule has 1 amide bonds. The van der Waals surface area contributed by atoms with Gasteiger partial charge in [-0.25, -0.2) is 29.0 Å². The lowest BCUT2D eigenvalue weighted by Crippen LogP contribution is -2.38. The zero-order valence-electron chi connectivity index (χ0n) is 14.2. The zero-order chi connectivity index (χ0) is 19.5. The van der Waals surface area contributed by atoms with E-state index in [-0.39, 0.29) is 11.4 Å². The third-order valence-electron chi connectivity index (χ3n) is 3.78. The summed E-state index contributed by atoms with van der Waals surface area (Å²) in [6, 6.07) is 9.76. The maximum atomic E-state index is 12.7. The van der Waals surface area contributed by atoms with Crippen LogP contribution in [0.25, 0.3) is 11.5 Å². The molecule has 0 saturated heterocycles. The molecule has 4 aromatic rings. The quantitative estimate of drug-likeness (QED) is 0.516. The standard InChI is InChI=1S/C17H12N8O3/c26-15(23-13-6-14(21-9-20-13)24-10-18-8-22-24)12-7-19-17(28)25(16(12)27)11-4-2-1-3-5-11/h1-10H,(H,19,28)(H,20,21,23,26). The van der Waals surface area contributed by atoms with Crippen LogP contribution in [0.15, 0.2) is 71.2 Å². The van der Waals surface area contributed by atoms with E-state index in [2.05, 4.69) is 30.4 Å². The van der Waals surface area contributed by atoms with E-state index in [0.717, 1.165) is 10.8 Å². The maximum Gasteiger partial charge on any atom is 0.333 e. The number of nitrogens with zero attached hydrogens (tertiary/aromatic N) is 6. The summed E-state index contributed by atoms with van der Waals surface area (Å²) in [6.07, 6.45) is 5.09. The van der Waals surface area contributed by atoms with Crippen LogP contribution in [-0.2, 0) is 0 Å². The third kappa shape index (κ3) is 3.19. The number of benzene rings is 1. The van der Waals surface area contributed by atoms with Crippen LogP contribution in [0, 0.1) is 0 Å². The Labute approximate surface area is 156 Å². The Bertz CT molecular complexity index is 1250. The van der Waals surface area contributed by atoms with Crippen LogP contribution in [0.3, 0.4) is 0 Å². The molecule has 0 aliphatic carbocycles. The number of amides is 1. The first-order valence-corrected chi connectivity index (χ1v) is 8.02. The summed E-state index contributed by atoms with van der Waals surface area (Å²) in [5.74, 6) is -0.192. The number of H-pyrrole nitrogens is 1. The van der Waals surface area contributed by atoms with Crippen molar-refractivity contribution >= 4 is 11.7 Å². The maximum absolute atomic E-state index is 12.7. The first kappa shape index (κ1) is 17.0. The van der Waals surface area contributed by atoms with E-state index in [1.807, 2.05) is 0 Å². The van der Waals surface area contributed by atoms with Gasteiger partial charge in [-0.1, -0.05) is 18.2 Å². The molecule has 0 fully saturated rings. The number of hydrogen-bond donors (Lipinski definition) is 2. The highest BCUT2D eigenvalue weighted by molar-refractivity contribution is 6.03. The number of para-hydroxylation sites is 1. The van der Waals surface area contributed by atoms with Crippen molar-refractivity contribution in [2.75, 3.05) is 5.32 Å². The SMILES string of the molecule is O=C(Nc1cc(-n2cncn2)ncn1)c1c[nH]c(=O)n(-c2ccccc2)c1=O. The van der Waals surface area contributed by atoms with E-state index in [1.165, 1.54) is 29.7 Å². The molecule has 11 nitrogen and oxygen atoms in total. The second-order valence-corrected chi connectivity index (χ2v) is 5.54.